The molecular formula is C12H11FN2O. The van der Waals surface area contributed by atoms with Crippen LogP contribution in [0.5, 0.6) is 5.88 Å². The van der Waals surface area contributed by atoms with Crippen LogP contribution in [0, 0.1) is 5.82 Å². The zero-order chi connectivity index (χ0) is 11.4. The molecule has 1 aromatic heterocycles. The van der Waals surface area contributed by atoms with Gasteiger partial charge in [-0.05, 0) is 23.8 Å². The smallest absolute Gasteiger partial charge is 0.213 e. The standard InChI is InChI=1S/C12H11FN2O/c13-10-3-6-12(15-7-10)16-8-9-1-4-11(14)5-2-9/h1-7H,8,14H2. The lowest BCUT2D eigenvalue weighted by Gasteiger charge is -2.05. The Morgan fingerprint density at radius 1 is 1.12 bits per heavy atom. The molecular weight excluding hydrogens is 207 g/mol. The number of nitrogens with two attached hydrogens (primary N) is 1. The molecule has 2 N–H and O–H groups in total. The Kier molecular flexibility index (Phi) is 3.00. The molecule has 4 heteroatoms. The van der Waals surface area contributed by atoms with Crippen LogP contribution in [0.4, 0.5) is 10.1 Å². The van der Waals surface area contributed by atoms with Crippen LogP contribution in [-0.4, -0.2) is 4.98 Å². The lowest BCUT2D eigenvalue weighted by atomic mass is 10.2. The number of hydrogen-bond acceptors (Lipinski definition) is 3. The lowest BCUT2D eigenvalue weighted by molar-refractivity contribution is 0.293. The average molecular weight is 218 g/mol. The molecule has 0 bridgehead atoms. The largest absolute Gasteiger partial charge is 0.473 e. The number of anilines is 1. The first-order valence-electron chi connectivity index (χ1n) is 4.83. The summed E-state index contributed by atoms with van der Waals surface area (Å²) in [5, 5.41) is 0. The minimum absolute atomic E-state index is 0.375. The fraction of sp³-hybridized carbons (Fsp3) is 0.0833. The van der Waals surface area contributed by atoms with Crippen molar-refractivity contribution < 1.29 is 9.13 Å². The van der Waals surface area contributed by atoms with E-state index in [1.807, 2.05) is 12.1 Å². The number of nitrogens with zero attached hydrogens (tertiary/aromatic N) is 1. The van der Waals surface area contributed by atoms with E-state index < -0.39 is 0 Å². The fourth-order valence-electron chi connectivity index (χ4n) is 1.22. The van der Waals surface area contributed by atoms with Crippen molar-refractivity contribution in [2.24, 2.45) is 0 Å². The van der Waals surface area contributed by atoms with Gasteiger partial charge in [-0.3, -0.25) is 0 Å². The van der Waals surface area contributed by atoms with Gasteiger partial charge in [0, 0.05) is 11.8 Å². The Hall–Kier alpha value is -2.10. The van der Waals surface area contributed by atoms with E-state index in [0.717, 1.165) is 11.8 Å². The maximum Gasteiger partial charge on any atom is 0.213 e. The van der Waals surface area contributed by atoms with E-state index in [1.54, 1.807) is 12.1 Å². The second kappa shape index (κ2) is 4.61. The van der Waals surface area contributed by atoms with E-state index in [2.05, 4.69) is 4.98 Å². The number of ether oxygens (including phenoxy) is 1. The Balaban J connectivity index is 1.97. The molecule has 0 spiro atoms. The molecule has 0 saturated carbocycles. The first kappa shape index (κ1) is 10.4. The van der Waals surface area contributed by atoms with Gasteiger partial charge in [0.05, 0.1) is 6.20 Å². The maximum atomic E-state index is 12.6. The molecule has 1 aromatic carbocycles. The van der Waals surface area contributed by atoms with E-state index in [-0.39, 0.29) is 5.82 Å². The number of benzene rings is 1. The minimum atomic E-state index is -0.375. The molecule has 1 heterocycles. The molecule has 0 aliphatic heterocycles. The monoisotopic (exact) mass is 218 g/mol. The van der Waals surface area contributed by atoms with Crippen molar-refractivity contribution in [3.63, 3.8) is 0 Å². The number of rotatable bonds is 3. The molecule has 3 nitrogen and oxygen atoms in total. The highest BCUT2D eigenvalue weighted by Crippen LogP contribution is 2.11. The van der Waals surface area contributed by atoms with Crippen LogP contribution < -0.4 is 10.5 Å². The highest BCUT2D eigenvalue weighted by molar-refractivity contribution is 5.39. The molecule has 82 valence electrons. The number of nitrogen functional groups attached to an aromatic ring is 1. The summed E-state index contributed by atoms with van der Waals surface area (Å²) >= 11 is 0. The molecule has 0 aliphatic rings. The third-order valence-corrected chi connectivity index (χ3v) is 2.07. The van der Waals surface area contributed by atoms with E-state index in [1.165, 1.54) is 12.1 Å². The molecule has 0 fully saturated rings. The molecule has 0 atom stereocenters. The van der Waals surface area contributed by atoms with Gasteiger partial charge >= 0.3 is 0 Å². The molecule has 0 amide bonds. The molecule has 0 unspecified atom stereocenters. The van der Waals surface area contributed by atoms with E-state index in [4.69, 9.17) is 10.5 Å². The molecule has 16 heavy (non-hydrogen) atoms. The van der Waals surface area contributed by atoms with E-state index >= 15 is 0 Å². The van der Waals surface area contributed by atoms with Gasteiger partial charge in [0.25, 0.3) is 0 Å². The van der Waals surface area contributed by atoms with E-state index in [0.29, 0.717) is 18.2 Å². The minimum Gasteiger partial charge on any atom is -0.473 e. The van der Waals surface area contributed by atoms with Crippen molar-refractivity contribution in [3.05, 3.63) is 54.0 Å². The molecule has 2 rings (SSSR count). The Labute approximate surface area is 92.7 Å². The highest BCUT2D eigenvalue weighted by Gasteiger charge is 1.97. The van der Waals surface area contributed by atoms with Crippen LogP contribution in [0.1, 0.15) is 5.56 Å². The van der Waals surface area contributed by atoms with Gasteiger partial charge in [-0.2, -0.15) is 0 Å². The van der Waals surface area contributed by atoms with Gasteiger partial charge in [-0.15, -0.1) is 0 Å². The van der Waals surface area contributed by atoms with Crippen LogP contribution in [0.15, 0.2) is 42.6 Å². The average Bonchev–Trinajstić information content (AvgIpc) is 2.30. The predicted molar refractivity (Wildman–Crippen MR) is 59.4 cm³/mol. The molecule has 2 aromatic rings. The van der Waals surface area contributed by atoms with Gasteiger partial charge in [0.2, 0.25) is 5.88 Å². The van der Waals surface area contributed by atoms with Gasteiger partial charge in [0.15, 0.2) is 0 Å². The van der Waals surface area contributed by atoms with Crippen LogP contribution >= 0.6 is 0 Å². The number of aromatic nitrogens is 1. The summed E-state index contributed by atoms with van der Waals surface area (Å²) in [6, 6.07) is 10.2. The van der Waals surface area contributed by atoms with Crippen molar-refractivity contribution in [2.75, 3.05) is 5.73 Å². The molecule has 0 saturated heterocycles. The summed E-state index contributed by atoms with van der Waals surface area (Å²) in [7, 11) is 0. The van der Waals surface area contributed by atoms with Gasteiger partial charge in [0.1, 0.15) is 12.4 Å². The van der Waals surface area contributed by atoms with Crippen molar-refractivity contribution in [3.8, 4) is 5.88 Å². The molecule has 0 radical (unpaired) electrons. The van der Waals surface area contributed by atoms with Gasteiger partial charge in [-0.1, -0.05) is 12.1 Å². The quantitative estimate of drug-likeness (QED) is 0.804. The van der Waals surface area contributed by atoms with Crippen LogP contribution in [0.3, 0.4) is 0 Å². The summed E-state index contributed by atoms with van der Waals surface area (Å²) in [4.78, 5) is 3.79. The fourth-order valence-corrected chi connectivity index (χ4v) is 1.22. The summed E-state index contributed by atoms with van der Waals surface area (Å²) in [6.07, 6.45) is 1.12. The zero-order valence-electron chi connectivity index (χ0n) is 8.56. The van der Waals surface area contributed by atoms with Gasteiger partial charge < -0.3 is 10.5 Å². The summed E-state index contributed by atoms with van der Waals surface area (Å²) in [5.41, 5.74) is 7.25. The Morgan fingerprint density at radius 3 is 2.50 bits per heavy atom. The predicted octanol–water partition coefficient (Wildman–Crippen LogP) is 2.38. The Bertz CT molecular complexity index is 408. The first-order valence-corrected chi connectivity index (χ1v) is 4.83. The van der Waals surface area contributed by atoms with Gasteiger partial charge in [-0.25, -0.2) is 9.37 Å². The van der Waals surface area contributed by atoms with Crippen LogP contribution in [-0.2, 0) is 6.61 Å². The number of hydrogen-bond donors (Lipinski definition) is 1. The second-order valence-corrected chi connectivity index (χ2v) is 3.34. The van der Waals surface area contributed by atoms with Crippen LogP contribution in [0.25, 0.3) is 0 Å². The third-order valence-electron chi connectivity index (χ3n) is 2.07. The summed E-state index contributed by atoms with van der Waals surface area (Å²) in [5.74, 6) is 0.0260. The van der Waals surface area contributed by atoms with Crippen LogP contribution in [0.2, 0.25) is 0 Å². The summed E-state index contributed by atoms with van der Waals surface area (Å²) in [6.45, 7) is 0.388. The topological polar surface area (TPSA) is 48.1 Å². The van der Waals surface area contributed by atoms with Crippen molar-refractivity contribution >= 4 is 5.69 Å². The third kappa shape index (κ3) is 2.70. The highest BCUT2D eigenvalue weighted by atomic mass is 19.1. The van der Waals surface area contributed by atoms with Crippen molar-refractivity contribution in [2.45, 2.75) is 6.61 Å². The maximum absolute atomic E-state index is 12.6. The first-order chi connectivity index (χ1) is 7.74. The summed E-state index contributed by atoms with van der Waals surface area (Å²) < 4.78 is 17.9. The number of halogens is 1. The van der Waals surface area contributed by atoms with Crippen molar-refractivity contribution in [1.82, 2.24) is 4.98 Å². The van der Waals surface area contributed by atoms with E-state index in [9.17, 15) is 4.39 Å². The SMILES string of the molecule is Nc1ccc(COc2ccc(F)cn2)cc1. The normalized spacial score (nSPS) is 10.1. The second-order valence-electron chi connectivity index (χ2n) is 3.34. The Morgan fingerprint density at radius 2 is 1.88 bits per heavy atom. The zero-order valence-corrected chi connectivity index (χ0v) is 8.56. The molecule has 0 aliphatic carbocycles. The van der Waals surface area contributed by atoms with Crippen molar-refractivity contribution in [1.29, 1.82) is 0 Å². The lowest BCUT2D eigenvalue weighted by Crippen LogP contribution is -1.97. The number of pyridine rings is 1.